The van der Waals surface area contributed by atoms with Gasteiger partial charge < -0.3 is 10.2 Å². The Hall–Kier alpha value is -1.22. The first-order chi connectivity index (χ1) is 8.11. The molecule has 96 valence electrons. The van der Waals surface area contributed by atoms with Crippen LogP contribution in [0.25, 0.3) is 0 Å². The third kappa shape index (κ3) is 3.93. The van der Waals surface area contributed by atoms with E-state index < -0.39 is 10.0 Å². The molecule has 0 aliphatic carbocycles. The highest BCUT2D eigenvalue weighted by atomic mass is 32.2. The van der Waals surface area contributed by atoms with E-state index in [0.29, 0.717) is 18.9 Å². The summed E-state index contributed by atoms with van der Waals surface area (Å²) in [7, 11) is -3.62. The summed E-state index contributed by atoms with van der Waals surface area (Å²) < 4.78 is 31.2. The number of pyridine rings is 1. The van der Waals surface area contributed by atoms with E-state index in [-0.39, 0.29) is 11.4 Å². The van der Waals surface area contributed by atoms with Gasteiger partial charge in [-0.1, -0.05) is 0 Å². The van der Waals surface area contributed by atoms with Crippen LogP contribution in [0, 0.1) is 0 Å². The van der Waals surface area contributed by atoms with Crippen molar-refractivity contribution < 1.29 is 13.2 Å². The smallest absolute Gasteiger partial charge is 0.244 e. The summed E-state index contributed by atoms with van der Waals surface area (Å²) in [6.07, 6.45) is 2.69. The van der Waals surface area contributed by atoms with Gasteiger partial charge in [-0.25, -0.2) is 13.1 Å². The number of nitrogen functional groups attached to an aromatic ring is 1. The molecule has 4 N–H and O–H groups in total. The molecule has 1 aromatic rings. The van der Waals surface area contributed by atoms with Crippen LogP contribution in [0.3, 0.4) is 0 Å². The maximum Gasteiger partial charge on any atom is 0.244 e. The zero-order valence-electron chi connectivity index (χ0n) is 9.51. The molecular weight excluding hydrogens is 244 g/mol. The Morgan fingerprint density at radius 1 is 1.53 bits per heavy atom. The molecule has 0 amide bonds. The number of rotatable bonds is 7. The van der Waals surface area contributed by atoms with Crippen molar-refractivity contribution in [3.63, 3.8) is 0 Å². The van der Waals surface area contributed by atoms with Crippen molar-refractivity contribution in [2.75, 3.05) is 25.2 Å². The molecular formula is C9H16N4O3S. The lowest BCUT2D eigenvalue weighted by molar-refractivity contribution is 0.153. The Kier molecular flexibility index (Phi) is 5.29. The highest BCUT2D eigenvalue weighted by Gasteiger charge is 2.17. The normalized spacial score (nSPS) is 11.4. The molecule has 8 heteroatoms. The average molecular weight is 260 g/mol. The zero-order chi connectivity index (χ0) is 12.7. The Bertz CT molecular complexity index is 449. The molecule has 0 radical (unpaired) electrons. The highest BCUT2D eigenvalue weighted by Crippen LogP contribution is 2.17. The number of hydrogen-bond acceptors (Lipinski definition) is 6. The van der Waals surface area contributed by atoms with Crippen LogP contribution in [0.4, 0.5) is 5.69 Å². The van der Waals surface area contributed by atoms with Gasteiger partial charge >= 0.3 is 0 Å². The van der Waals surface area contributed by atoms with Crippen LogP contribution in [0.5, 0.6) is 0 Å². The molecule has 1 rings (SSSR count). The number of nitrogens with two attached hydrogens (primary N) is 1. The summed E-state index contributed by atoms with van der Waals surface area (Å²) in [4.78, 5) is 3.77. The molecule has 0 aromatic carbocycles. The minimum Gasteiger partial charge on any atom is -0.380 e. The fourth-order valence-electron chi connectivity index (χ4n) is 1.18. The maximum absolute atomic E-state index is 11.9. The van der Waals surface area contributed by atoms with Gasteiger partial charge in [-0.05, 0) is 13.0 Å². The first kappa shape index (κ1) is 13.8. The van der Waals surface area contributed by atoms with Crippen molar-refractivity contribution in [2.24, 2.45) is 5.84 Å². The first-order valence-corrected chi connectivity index (χ1v) is 6.58. The third-order valence-corrected chi connectivity index (χ3v) is 3.46. The second-order valence-corrected chi connectivity index (χ2v) is 4.85. The van der Waals surface area contributed by atoms with E-state index in [2.05, 4.69) is 15.1 Å². The Morgan fingerprint density at radius 3 is 2.94 bits per heavy atom. The van der Waals surface area contributed by atoms with Crippen molar-refractivity contribution in [1.82, 2.24) is 9.71 Å². The minimum absolute atomic E-state index is 0.0130. The van der Waals surface area contributed by atoms with Crippen LogP contribution in [0.1, 0.15) is 6.92 Å². The van der Waals surface area contributed by atoms with Gasteiger partial charge in [-0.3, -0.25) is 10.8 Å². The number of hydrogen-bond donors (Lipinski definition) is 3. The minimum atomic E-state index is -3.62. The van der Waals surface area contributed by atoms with E-state index in [4.69, 9.17) is 10.6 Å². The van der Waals surface area contributed by atoms with Crippen molar-refractivity contribution in [2.45, 2.75) is 11.8 Å². The van der Waals surface area contributed by atoms with E-state index >= 15 is 0 Å². The summed E-state index contributed by atoms with van der Waals surface area (Å²) in [6.45, 7) is 2.91. The molecule has 0 spiro atoms. The van der Waals surface area contributed by atoms with Gasteiger partial charge in [0.2, 0.25) is 10.0 Å². The van der Waals surface area contributed by atoms with Gasteiger partial charge in [0.1, 0.15) is 4.90 Å². The molecule has 17 heavy (non-hydrogen) atoms. The van der Waals surface area contributed by atoms with Crippen LogP contribution in [-0.2, 0) is 14.8 Å². The first-order valence-electron chi connectivity index (χ1n) is 5.10. The Balaban J connectivity index is 2.75. The fraction of sp³-hybridized carbons (Fsp3) is 0.444. The average Bonchev–Trinajstić information content (AvgIpc) is 2.34. The summed E-state index contributed by atoms with van der Waals surface area (Å²) in [5, 5.41) is 0. The largest absolute Gasteiger partial charge is 0.380 e. The summed E-state index contributed by atoms with van der Waals surface area (Å²) >= 11 is 0. The monoisotopic (exact) mass is 260 g/mol. The molecule has 0 aliphatic rings. The molecule has 7 nitrogen and oxygen atoms in total. The molecule has 0 atom stereocenters. The molecule has 0 bridgehead atoms. The molecule has 0 aliphatic heterocycles. The van der Waals surface area contributed by atoms with E-state index in [0.717, 1.165) is 0 Å². The standard InChI is InChI=1S/C9H16N4O3S/c1-2-16-6-5-12-17(14,15)9-7-11-4-3-8(9)13-10/h3-4,7,12H,2,5-6,10H2,1H3,(H,11,13). The van der Waals surface area contributed by atoms with Crippen LogP contribution >= 0.6 is 0 Å². The summed E-state index contributed by atoms with van der Waals surface area (Å²) in [5.41, 5.74) is 2.61. The molecule has 0 unspecified atom stereocenters. The zero-order valence-corrected chi connectivity index (χ0v) is 10.3. The predicted octanol–water partition coefficient (Wildman–Crippen LogP) is -0.318. The maximum atomic E-state index is 11.9. The second-order valence-electron chi connectivity index (χ2n) is 3.11. The van der Waals surface area contributed by atoms with Gasteiger partial charge in [0.15, 0.2) is 0 Å². The summed E-state index contributed by atoms with van der Waals surface area (Å²) in [6, 6.07) is 1.48. The molecule has 0 fully saturated rings. The van der Waals surface area contributed by atoms with Crippen LogP contribution in [0.2, 0.25) is 0 Å². The predicted molar refractivity (Wildman–Crippen MR) is 63.7 cm³/mol. The van der Waals surface area contributed by atoms with Gasteiger partial charge in [0, 0.05) is 25.5 Å². The number of aromatic nitrogens is 1. The summed E-state index contributed by atoms with van der Waals surface area (Å²) in [5.74, 6) is 5.23. The van der Waals surface area contributed by atoms with E-state index in [1.165, 1.54) is 18.5 Å². The van der Waals surface area contributed by atoms with E-state index in [9.17, 15) is 8.42 Å². The highest BCUT2D eigenvalue weighted by molar-refractivity contribution is 7.89. The lowest BCUT2D eigenvalue weighted by atomic mass is 10.4. The van der Waals surface area contributed by atoms with Crippen LogP contribution < -0.4 is 16.0 Å². The fourth-order valence-corrected chi connectivity index (χ4v) is 2.31. The van der Waals surface area contributed by atoms with Crippen LogP contribution in [0.15, 0.2) is 23.4 Å². The lowest BCUT2D eigenvalue weighted by Crippen LogP contribution is -2.28. The number of nitrogens with zero attached hydrogens (tertiary/aromatic N) is 1. The number of ether oxygens (including phenoxy) is 1. The molecule has 0 saturated heterocycles. The lowest BCUT2D eigenvalue weighted by Gasteiger charge is -2.10. The number of nitrogens with one attached hydrogen (secondary N) is 2. The van der Waals surface area contributed by atoms with Gasteiger partial charge in [0.25, 0.3) is 0 Å². The number of anilines is 1. The van der Waals surface area contributed by atoms with Crippen molar-refractivity contribution in [3.05, 3.63) is 18.5 Å². The van der Waals surface area contributed by atoms with Crippen molar-refractivity contribution >= 4 is 15.7 Å². The molecule has 1 heterocycles. The molecule has 0 saturated carbocycles. The quantitative estimate of drug-likeness (QED) is 0.352. The SMILES string of the molecule is CCOCCNS(=O)(=O)c1cnccc1NN. The Morgan fingerprint density at radius 2 is 2.29 bits per heavy atom. The topological polar surface area (TPSA) is 106 Å². The van der Waals surface area contributed by atoms with Gasteiger partial charge in [-0.15, -0.1) is 0 Å². The van der Waals surface area contributed by atoms with Gasteiger partial charge in [-0.2, -0.15) is 0 Å². The number of hydrazine groups is 1. The van der Waals surface area contributed by atoms with Crippen molar-refractivity contribution in [3.8, 4) is 0 Å². The van der Waals surface area contributed by atoms with Crippen molar-refractivity contribution in [1.29, 1.82) is 0 Å². The van der Waals surface area contributed by atoms with Gasteiger partial charge in [0.05, 0.1) is 12.3 Å². The molecule has 1 aromatic heterocycles. The Labute approximate surface area is 100 Å². The van der Waals surface area contributed by atoms with E-state index in [1.54, 1.807) is 0 Å². The van der Waals surface area contributed by atoms with Crippen LogP contribution in [-0.4, -0.2) is 33.2 Å². The number of sulfonamides is 1. The van der Waals surface area contributed by atoms with E-state index in [1.807, 2.05) is 6.92 Å². The second kappa shape index (κ2) is 6.50. The third-order valence-electron chi connectivity index (χ3n) is 1.97.